The first-order valence-corrected chi connectivity index (χ1v) is 10.9. The number of nitrogens with one attached hydrogen (secondary N) is 3. The Hall–Kier alpha value is -1.90. The number of carbonyl (C=O) groups is 2. The maximum atomic E-state index is 13.5. The number of halogens is 2. The zero-order chi connectivity index (χ0) is 21.5. The van der Waals surface area contributed by atoms with Gasteiger partial charge >= 0.3 is 0 Å². The van der Waals surface area contributed by atoms with Gasteiger partial charge in [0.05, 0.1) is 5.02 Å². The van der Waals surface area contributed by atoms with Gasteiger partial charge in [-0.15, -0.1) is 0 Å². The van der Waals surface area contributed by atoms with Crippen LogP contribution < -0.4 is 20.8 Å². The Kier molecular flexibility index (Phi) is 5.92. The summed E-state index contributed by atoms with van der Waals surface area (Å²) in [5.74, 6) is -0.129. The van der Waals surface area contributed by atoms with Crippen molar-refractivity contribution >= 4 is 23.4 Å². The summed E-state index contributed by atoms with van der Waals surface area (Å²) in [4.78, 5) is 25.1. The van der Waals surface area contributed by atoms with Gasteiger partial charge in [0, 0.05) is 30.2 Å². The molecule has 0 radical (unpaired) electrons. The van der Waals surface area contributed by atoms with Gasteiger partial charge in [-0.2, -0.15) is 0 Å². The lowest BCUT2D eigenvalue weighted by atomic mass is 9.76. The second-order valence-electron chi connectivity index (χ2n) is 8.75. The molecule has 1 aromatic rings. The van der Waals surface area contributed by atoms with Crippen LogP contribution in [0.2, 0.25) is 5.02 Å². The molecule has 3 unspecified atom stereocenters. The first kappa shape index (κ1) is 21.3. The minimum Gasteiger partial charge on any atom is -0.484 e. The van der Waals surface area contributed by atoms with Crippen molar-refractivity contribution in [2.24, 2.45) is 5.92 Å². The van der Waals surface area contributed by atoms with Crippen LogP contribution in [0.4, 0.5) is 4.39 Å². The molecule has 1 aliphatic heterocycles. The highest BCUT2D eigenvalue weighted by Crippen LogP contribution is 2.52. The highest BCUT2D eigenvalue weighted by molar-refractivity contribution is 6.30. The second kappa shape index (κ2) is 8.32. The molecule has 2 bridgehead atoms. The van der Waals surface area contributed by atoms with Crippen molar-refractivity contribution < 1.29 is 18.7 Å². The number of benzene rings is 1. The standard InChI is InChI=1S/C21H28ClFN4O3/c1-3-27-18(6-12(2)26-27)20(29)24-17-10-21(8-13(17)9-21)25-19(28)11-30-14-4-5-15(22)16(23)7-14/h4-5,7,12-13,17-18,26H,3,6,8-11H2,1-2H3,(H,24,29)(H,25,28). The summed E-state index contributed by atoms with van der Waals surface area (Å²) in [5.41, 5.74) is 3.04. The maximum Gasteiger partial charge on any atom is 0.258 e. The predicted octanol–water partition coefficient (Wildman–Crippen LogP) is 2.00. The lowest BCUT2D eigenvalue weighted by Crippen LogP contribution is -2.53. The van der Waals surface area contributed by atoms with Crippen molar-refractivity contribution in [2.45, 2.75) is 63.2 Å². The summed E-state index contributed by atoms with van der Waals surface area (Å²) in [6.07, 6.45) is 3.24. The number of ether oxygens (including phenoxy) is 1. The van der Waals surface area contributed by atoms with E-state index in [-0.39, 0.29) is 52.9 Å². The van der Waals surface area contributed by atoms with Crippen molar-refractivity contribution in [3.63, 3.8) is 0 Å². The molecule has 0 aromatic heterocycles. The van der Waals surface area contributed by atoms with E-state index in [0.29, 0.717) is 5.92 Å². The molecule has 7 nitrogen and oxygen atoms in total. The summed E-state index contributed by atoms with van der Waals surface area (Å²) in [6, 6.07) is 4.30. The highest BCUT2D eigenvalue weighted by Gasteiger charge is 2.57. The molecule has 1 heterocycles. The quantitative estimate of drug-likeness (QED) is 0.606. The topological polar surface area (TPSA) is 82.7 Å². The largest absolute Gasteiger partial charge is 0.484 e. The number of hydrazine groups is 1. The summed E-state index contributed by atoms with van der Waals surface area (Å²) in [6.45, 7) is 4.69. The lowest BCUT2D eigenvalue weighted by molar-refractivity contribution is -0.127. The number of rotatable bonds is 7. The molecule has 1 aromatic carbocycles. The number of nitrogens with zero attached hydrogens (tertiary/aromatic N) is 1. The number of carbonyl (C=O) groups excluding carboxylic acids is 2. The van der Waals surface area contributed by atoms with Gasteiger partial charge < -0.3 is 15.4 Å². The SMILES string of the molecule is CCN1NC(C)CC1C(=O)NC1CC2(NC(=O)COc3ccc(Cl)c(F)c3)CC1C2. The summed E-state index contributed by atoms with van der Waals surface area (Å²) in [5, 5.41) is 8.27. The Morgan fingerprint density at radius 1 is 1.37 bits per heavy atom. The molecule has 9 heteroatoms. The zero-order valence-electron chi connectivity index (χ0n) is 17.2. The Morgan fingerprint density at radius 2 is 2.13 bits per heavy atom. The van der Waals surface area contributed by atoms with E-state index in [0.717, 1.165) is 38.3 Å². The molecule has 2 amide bonds. The highest BCUT2D eigenvalue weighted by atomic mass is 35.5. The van der Waals surface area contributed by atoms with E-state index >= 15 is 0 Å². The number of hydrogen-bond donors (Lipinski definition) is 3. The zero-order valence-corrected chi connectivity index (χ0v) is 18.0. The molecule has 1 saturated heterocycles. The van der Waals surface area contributed by atoms with E-state index in [1.165, 1.54) is 12.1 Å². The van der Waals surface area contributed by atoms with E-state index in [1.54, 1.807) is 0 Å². The fraction of sp³-hybridized carbons (Fsp3) is 0.619. The molecular weight excluding hydrogens is 411 g/mol. The Bertz CT molecular complexity index is 832. The van der Waals surface area contributed by atoms with E-state index in [1.807, 2.05) is 11.9 Å². The summed E-state index contributed by atoms with van der Waals surface area (Å²) in [7, 11) is 0. The molecule has 5 rings (SSSR count). The second-order valence-corrected chi connectivity index (χ2v) is 9.16. The average Bonchev–Trinajstić information content (AvgIpc) is 3.32. The van der Waals surface area contributed by atoms with Crippen molar-refractivity contribution in [1.82, 2.24) is 21.1 Å². The summed E-state index contributed by atoms with van der Waals surface area (Å²) < 4.78 is 18.8. The van der Waals surface area contributed by atoms with Crippen molar-refractivity contribution in [3.05, 3.63) is 29.0 Å². The first-order valence-electron chi connectivity index (χ1n) is 10.5. The minimum absolute atomic E-state index is 0.00939. The van der Waals surface area contributed by atoms with Crippen LogP contribution in [0, 0.1) is 11.7 Å². The van der Waals surface area contributed by atoms with Crippen LogP contribution in [0.15, 0.2) is 18.2 Å². The van der Waals surface area contributed by atoms with Gasteiger partial charge in [-0.05, 0) is 50.7 Å². The third-order valence-corrected chi connectivity index (χ3v) is 6.77. The van der Waals surface area contributed by atoms with Crippen LogP contribution in [0.5, 0.6) is 5.75 Å². The fourth-order valence-corrected chi connectivity index (χ4v) is 5.20. The fourth-order valence-electron chi connectivity index (χ4n) is 5.08. The molecule has 164 valence electrons. The lowest BCUT2D eigenvalue weighted by Gasteiger charge is -2.39. The molecular formula is C21H28ClFN4O3. The molecule has 4 fully saturated rings. The maximum absolute atomic E-state index is 13.5. The van der Waals surface area contributed by atoms with E-state index in [4.69, 9.17) is 16.3 Å². The third-order valence-electron chi connectivity index (χ3n) is 6.46. The van der Waals surface area contributed by atoms with Crippen LogP contribution in [-0.4, -0.2) is 53.6 Å². The minimum atomic E-state index is -0.585. The number of likely N-dealkylation sites (N-methyl/N-ethyl adjacent to an activating group) is 1. The van der Waals surface area contributed by atoms with Crippen LogP contribution in [0.1, 0.15) is 39.5 Å². The van der Waals surface area contributed by atoms with Crippen LogP contribution in [0.25, 0.3) is 0 Å². The number of amides is 2. The van der Waals surface area contributed by atoms with Gasteiger partial charge in [-0.25, -0.2) is 9.40 Å². The van der Waals surface area contributed by atoms with Crippen molar-refractivity contribution in [2.75, 3.05) is 13.2 Å². The van der Waals surface area contributed by atoms with Gasteiger partial charge in [0.15, 0.2) is 6.61 Å². The molecule has 30 heavy (non-hydrogen) atoms. The van der Waals surface area contributed by atoms with E-state index in [2.05, 4.69) is 23.0 Å². The average molecular weight is 439 g/mol. The molecule has 4 aliphatic rings. The van der Waals surface area contributed by atoms with Gasteiger partial charge in [-0.3, -0.25) is 15.0 Å². The third kappa shape index (κ3) is 4.26. The molecule has 3 N–H and O–H groups in total. The van der Waals surface area contributed by atoms with E-state index in [9.17, 15) is 14.0 Å². The smallest absolute Gasteiger partial charge is 0.258 e. The Balaban J connectivity index is 1.25. The Labute approximate surface area is 180 Å². The van der Waals surface area contributed by atoms with Gasteiger partial charge in [-0.1, -0.05) is 18.5 Å². The van der Waals surface area contributed by atoms with Crippen molar-refractivity contribution in [3.8, 4) is 5.75 Å². The molecule has 0 spiro atoms. The first-order chi connectivity index (χ1) is 14.3. The van der Waals surface area contributed by atoms with Gasteiger partial charge in [0.2, 0.25) is 5.91 Å². The Morgan fingerprint density at radius 3 is 2.83 bits per heavy atom. The van der Waals surface area contributed by atoms with E-state index < -0.39 is 5.82 Å². The number of hydrogen-bond acceptors (Lipinski definition) is 5. The number of fused-ring (bicyclic) bond motifs is 1. The van der Waals surface area contributed by atoms with Gasteiger partial charge in [0.25, 0.3) is 5.91 Å². The van der Waals surface area contributed by atoms with Crippen LogP contribution in [0.3, 0.4) is 0 Å². The summed E-state index contributed by atoms with van der Waals surface area (Å²) >= 11 is 5.65. The molecule has 3 saturated carbocycles. The monoisotopic (exact) mass is 438 g/mol. The van der Waals surface area contributed by atoms with Crippen LogP contribution >= 0.6 is 11.6 Å². The van der Waals surface area contributed by atoms with Gasteiger partial charge in [0.1, 0.15) is 17.6 Å². The van der Waals surface area contributed by atoms with Crippen LogP contribution in [-0.2, 0) is 9.59 Å². The predicted molar refractivity (Wildman–Crippen MR) is 110 cm³/mol. The molecule has 3 aliphatic carbocycles. The molecule has 3 atom stereocenters. The van der Waals surface area contributed by atoms with Crippen molar-refractivity contribution in [1.29, 1.82) is 0 Å². The normalized spacial score (nSPS) is 32.5.